The number of amides is 1. The van der Waals surface area contributed by atoms with E-state index in [1.54, 1.807) is 14.2 Å². The molecule has 0 heterocycles. The summed E-state index contributed by atoms with van der Waals surface area (Å²) in [5.41, 5.74) is 3.32. The SMILES string of the molecule is COCC(=O)N[C@@H](Cc1ccccc1C)c1ccc(OC)c(OC)c1. The maximum atomic E-state index is 12.1. The van der Waals surface area contributed by atoms with Crippen LogP contribution in [0.15, 0.2) is 42.5 Å². The van der Waals surface area contributed by atoms with Crippen molar-refractivity contribution >= 4 is 5.91 Å². The number of carbonyl (C=O) groups is 1. The van der Waals surface area contributed by atoms with E-state index < -0.39 is 0 Å². The van der Waals surface area contributed by atoms with Crippen LogP contribution in [0.25, 0.3) is 0 Å². The minimum absolute atomic E-state index is 0.0254. The summed E-state index contributed by atoms with van der Waals surface area (Å²) in [4.78, 5) is 12.1. The average Bonchev–Trinajstić information content (AvgIpc) is 2.62. The molecular weight excluding hydrogens is 318 g/mol. The number of aryl methyl sites for hydroxylation is 1. The quantitative estimate of drug-likeness (QED) is 0.800. The van der Waals surface area contributed by atoms with Crippen LogP contribution in [-0.4, -0.2) is 33.8 Å². The van der Waals surface area contributed by atoms with Gasteiger partial charge in [0.25, 0.3) is 0 Å². The Morgan fingerprint density at radius 2 is 1.76 bits per heavy atom. The van der Waals surface area contributed by atoms with Crippen molar-refractivity contribution in [3.8, 4) is 11.5 Å². The molecule has 25 heavy (non-hydrogen) atoms. The van der Waals surface area contributed by atoms with E-state index in [9.17, 15) is 4.79 Å². The van der Waals surface area contributed by atoms with E-state index in [0.717, 1.165) is 5.56 Å². The maximum absolute atomic E-state index is 12.1. The second-order valence-electron chi connectivity index (χ2n) is 5.80. The molecule has 2 aromatic rings. The summed E-state index contributed by atoms with van der Waals surface area (Å²) in [6.45, 7) is 2.09. The highest BCUT2D eigenvalue weighted by Gasteiger charge is 2.18. The standard InChI is InChI=1S/C20H25NO4/c1-14-7-5-6-8-15(14)11-17(21-20(22)13-23-2)16-9-10-18(24-3)19(12-16)25-4/h5-10,12,17H,11,13H2,1-4H3,(H,21,22)/t17-/m0/s1. The zero-order valence-corrected chi connectivity index (χ0v) is 15.2. The van der Waals surface area contributed by atoms with Crippen LogP contribution in [0.1, 0.15) is 22.7 Å². The van der Waals surface area contributed by atoms with Crippen molar-refractivity contribution in [2.24, 2.45) is 0 Å². The number of carbonyl (C=O) groups excluding carboxylic acids is 1. The average molecular weight is 343 g/mol. The van der Waals surface area contributed by atoms with Crippen molar-refractivity contribution in [1.29, 1.82) is 0 Å². The summed E-state index contributed by atoms with van der Waals surface area (Å²) in [5, 5.41) is 3.04. The summed E-state index contributed by atoms with van der Waals surface area (Å²) >= 11 is 0. The number of rotatable bonds is 8. The minimum atomic E-state index is -0.191. The van der Waals surface area contributed by atoms with Crippen molar-refractivity contribution in [3.05, 3.63) is 59.2 Å². The van der Waals surface area contributed by atoms with Gasteiger partial charge >= 0.3 is 0 Å². The topological polar surface area (TPSA) is 56.8 Å². The van der Waals surface area contributed by atoms with Crippen LogP contribution < -0.4 is 14.8 Å². The first-order valence-electron chi connectivity index (χ1n) is 8.13. The molecule has 0 saturated carbocycles. The fraction of sp³-hybridized carbons (Fsp3) is 0.350. The lowest BCUT2D eigenvalue weighted by atomic mass is 9.95. The molecule has 1 amide bonds. The molecule has 0 saturated heterocycles. The Labute approximate surface area is 148 Å². The highest BCUT2D eigenvalue weighted by atomic mass is 16.5. The molecule has 0 aliphatic rings. The van der Waals surface area contributed by atoms with Gasteiger partial charge in [-0.25, -0.2) is 0 Å². The zero-order chi connectivity index (χ0) is 18.2. The molecule has 0 aliphatic heterocycles. The molecule has 134 valence electrons. The largest absolute Gasteiger partial charge is 0.493 e. The van der Waals surface area contributed by atoms with Crippen molar-refractivity contribution < 1.29 is 19.0 Å². The minimum Gasteiger partial charge on any atom is -0.493 e. The Morgan fingerprint density at radius 1 is 1.04 bits per heavy atom. The molecule has 0 unspecified atom stereocenters. The lowest BCUT2D eigenvalue weighted by Crippen LogP contribution is -2.32. The molecule has 1 N–H and O–H groups in total. The first-order valence-corrected chi connectivity index (χ1v) is 8.13. The Balaban J connectivity index is 2.33. The van der Waals surface area contributed by atoms with Crippen molar-refractivity contribution in [3.63, 3.8) is 0 Å². The van der Waals surface area contributed by atoms with Crippen LogP contribution in [0.4, 0.5) is 0 Å². The van der Waals surface area contributed by atoms with Crippen molar-refractivity contribution in [2.75, 3.05) is 27.9 Å². The van der Waals surface area contributed by atoms with Crippen LogP contribution >= 0.6 is 0 Å². The zero-order valence-electron chi connectivity index (χ0n) is 15.2. The van der Waals surface area contributed by atoms with Gasteiger partial charge in [0, 0.05) is 7.11 Å². The van der Waals surface area contributed by atoms with E-state index in [2.05, 4.69) is 24.4 Å². The molecule has 0 fully saturated rings. The Hall–Kier alpha value is -2.53. The molecule has 0 radical (unpaired) electrons. The van der Waals surface area contributed by atoms with Gasteiger partial charge in [0.1, 0.15) is 6.61 Å². The van der Waals surface area contributed by atoms with Gasteiger partial charge in [0.2, 0.25) is 5.91 Å². The summed E-state index contributed by atoms with van der Waals surface area (Å²) in [6.07, 6.45) is 0.678. The van der Waals surface area contributed by atoms with Gasteiger partial charge in [-0.05, 0) is 42.2 Å². The third-order valence-electron chi connectivity index (χ3n) is 4.11. The van der Waals surface area contributed by atoms with E-state index >= 15 is 0 Å². The first kappa shape index (κ1) is 18.8. The second kappa shape index (κ2) is 9.08. The third-order valence-corrected chi connectivity index (χ3v) is 4.11. The monoisotopic (exact) mass is 343 g/mol. The van der Waals surface area contributed by atoms with Crippen LogP contribution in [0, 0.1) is 6.92 Å². The van der Waals surface area contributed by atoms with Gasteiger partial charge < -0.3 is 19.5 Å². The molecular formula is C20H25NO4. The number of nitrogens with one attached hydrogen (secondary N) is 1. The smallest absolute Gasteiger partial charge is 0.246 e. The predicted octanol–water partition coefficient (Wildman–Crippen LogP) is 3.06. The van der Waals surface area contributed by atoms with E-state index in [1.807, 2.05) is 30.3 Å². The lowest BCUT2D eigenvalue weighted by Gasteiger charge is -2.21. The molecule has 5 nitrogen and oxygen atoms in total. The van der Waals surface area contributed by atoms with Crippen LogP contribution in [-0.2, 0) is 16.0 Å². The van der Waals surface area contributed by atoms with Crippen molar-refractivity contribution in [2.45, 2.75) is 19.4 Å². The van der Waals surface area contributed by atoms with E-state index in [4.69, 9.17) is 14.2 Å². The van der Waals surface area contributed by atoms with Crippen LogP contribution in [0.2, 0.25) is 0 Å². The van der Waals surface area contributed by atoms with Gasteiger partial charge in [-0.1, -0.05) is 30.3 Å². The number of methoxy groups -OCH3 is 3. The highest BCUT2D eigenvalue weighted by Crippen LogP contribution is 2.31. The predicted molar refractivity (Wildman–Crippen MR) is 97.2 cm³/mol. The van der Waals surface area contributed by atoms with Crippen LogP contribution in [0.3, 0.4) is 0 Å². The molecule has 0 aromatic heterocycles. The maximum Gasteiger partial charge on any atom is 0.246 e. The Kier molecular flexibility index (Phi) is 6.83. The van der Waals surface area contributed by atoms with Gasteiger partial charge in [-0.15, -0.1) is 0 Å². The van der Waals surface area contributed by atoms with Crippen LogP contribution in [0.5, 0.6) is 11.5 Å². The number of ether oxygens (including phenoxy) is 3. The summed E-state index contributed by atoms with van der Waals surface area (Å²) in [7, 11) is 4.70. The fourth-order valence-electron chi connectivity index (χ4n) is 2.75. The van der Waals surface area contributed by atoms with Gasteiger partial charge in [-0.2, -0.15) is 0 Å². The number of benzene rings is 2. The highest BCUT2D eigenvalue weighted by molar-refractivity contribution is 5.77. The van der Waals surface area contributed by atoms with E-state index in [0.29, 0.717) is 17.9 Å². The third kappa shape index (κ3) is 4.97. The lowest BCUT2D eigenvalue weighted by molar-refractivity contribution is -0.125. The second-order valence-corrected chi connectivity index (χ2v) is 5.80. The number of hydrogen-bond donors (Lipinski definition) is 1. The summed E-state index contributed by atoms with van der Waals surface area (Å²) < 4.78 is 15.6. The van der Waals surface area contributed by atoms with Crippen molar-refractivity contribution in [1.82, 2.24) is 5.32 Å². The molecule has 1 atom stereocenters. The summed E-state index contributed by atoms with van der Waals surface area (Å²) in [5.74, 6) is 1.13. The normalized spacial score (nSPS) is 11.7. The first-order chi connectivity index (χ1) is 12.1. The van der Waals surface area contributed by atoms with Gasteiger partial charge in [0.05, 0.1) is 20.3 Å². The van der Waals surface area contributed by atoms with Gasteiger partial charge in [0.15, 0.2) is 11.5 Å². The molecule has 2 rings (SSSR count). The number of hydrogen-bond acceptors (Lipinski definition) is 4. The summed E-state index contributed by atoms with van der Waals surface area (Å²) in [6, 6.07) is 13.7. The van der Waals surface area contributed by atoms with E-state index in [1.165, 1.54) is 18.2 Å². The molecule has 5 heteroatoms. The Morgan fingerprint density at radius 3 is 2.40 bits per heavy atom. The molecule has 0 aliphatic carbocycles. The van der Waals surface area contributed by atoms with Gasteiger partial charge in [-0.3, -0.25) is 4.79 Å². The molecule has 0 spiro atoms. The Bertz CT molecular complexity index is 715. The molecule has 2 aromatic carbocycles. The van der Waals surface area contributed by atoms with E-state index in [-0.39, 0.29) is 18.6 Å². The fourth-order valence-corrected chi connectivity index (χ4v) is 2.75. The molecule has 0 bridgehead atoms.